The zero-order chi connectivity index (χ0) is 28.1. The van der Waals surface area contributed by atoms with Crippen LogP contribution in [0.1, 0.15) is 48.8 Å². The van der Waals surface area contributed by atoms with Crippen LogP contribution < -0.4 is 16.0 Å². The SMILES string of the molecule is Cc1ccccc1CNC(=O)C(Cc1c[nH]c2ccccc12)NC(=O)CN1CC(=O)NC(C2CCCCC2)C1=O. The number of H-pyrrole nitrogens is 1. The summed E-state index contributed by atoms with van der Waals surface area (Å²) in [5.41, 5.74) is 3.90. The molecule has 4 N–H and O–H groups in total. The zero-order valence-corrected chi connectivity index (χ0v) is 22.9. The Morgan fingerprint density at radius 1 is 1.00 bits per heavy atom. The molecule has 2 fully saturated rings. The maximum Gasteiger partial charge on any atom is 0.246 e. The molecule has 2 aromatic carbocycles. The summed E-state index contributed by atoms with van der Waals surface area (Å²) in [6, 6.07) is 14.2. The van der Waals surface area contributed by atoms with Gasteiger partial charge < -0.3 is 25.8 Å². The van der Waals surface area contributed by atoms with Gasteiger partial charge in [-0.05, 0) is 48.4 Å². The average molecular weight is 544 g/mol. The number of amides is 4. The lowest BCUT2D eigenvalue weighted by molar-refractivity contribution is -0.148. The van der Waals surface area contributed by atoms with E-state index in [1.165, 1.54) is 4.90 Å². The van der Waals surface area contributed by atoms with E-state index in [9.17, 15) is 19.2 Å². The van der Waals surface area contributed by atoms with Gasteiger partial charge in [-0.3, -0.25) is 19.2 Å². The second-order valence-electron chi connectivity index (χ2n) is 11.0. The van der Waals surface area contributed by atoms with Crippen molar-refractivity contribution in [2.24, 2.45) is 5.92 Å². The van der Waals surface area contributed by atoms with Crippen LogP contribution in [-0.4, -0.2) is 58.7 Å². The number of para-hydroxylation sites is 1. The number of rotatable bonds is 9. The Balaban J connectivity index is 1.29. The molecule has 1 aliphatic carbocycles. The summed E-state index contributed by atoms with van der Waals surface area (Å²) in [5, 5.41) is 9.65. The highest BCUT2D eigenvalue weighted by Gasteiger charge is 2.39. The Morgan fingerprint density at radius 3 is 2.55 bits per heavy atom. The van der Waals surface area contributed by atoms with Gasteiger partial charge in [0.15, 0.2) is 0 Å². The fourth-order valence-corrected chi connectivity index (χ4v) is 5.91. The van der Waals surface area contributed by atoms with E-state index in [0.717, 1.165) is 59.7 Å². The molecule has 2 aliphatic rings. The van der Waals surface area contributed by atoms with Crippen LogP contribution in [0.25, 0.3) is 10.9 Å². The third-order valence-electron chi connectivity index (χ3n) is 8.15. The number of carbonyl (C=O) groups excluding carboxylic acids is 4. The van der Waals surface area contributed by atoms with Crippen LogP contribution in [0.2, 0.25) is 0 Å². The van der Waals surface area contributed by atoms with E-state index in [1.54, 1.807) is 0 Å². The van der Waals surface area contributed by atoms with E-state index in [4.69, 9.17) is 0 Å². The minimum absolute atomic E-state index is 0.0953. The predicted molar refractivity (Wildman–Crippen MR) is 152 cm³/mol. The molecule has 9 heteroatoms. The summed E-state index contributed by atoms with van der Waals surface area (Å²) in [6.45, 7) is 1.88. The van der Waals surface area contributed by atoms with Crippen LogP contribution in [0.15, 0.2) is 54.7 Å². The normalized spacial score (nSPS) is 18.8. The van der Waals surface area contributed by atoms with Gasteiger partial charge in [-0.15, -0.1) is 0 Å². The van der Waals surface area contributed by atoms with Crippen molar-refractivity contribution in [1.82, 2.24) is 25.8 Å². The fourth-order valence-electron chi connectivity index (χ4n) is 5.91. The number of nitrogens with zero attached hydrogens (tertiary/aromatic N) is 1. The fraction of sp³-hybridized carbons (Fsp3) is 0.419. The number of piperazine rings is 1. The number of carbonyl (C=O) groups is 4. The van der Waals surface area contributed by atoms with Gasteiger partial charge in [-0.1, -0.05) is 61.7 Å². The van der Waals surface area contributed by atoms with Crippen LogP contribution in [0.4, 0.5) is 0 Å². The van der Waals surface area contributed by atoms with Crippen molar-refractivity contribution in [1.29, 1.82) is 0 Å². The Morgan fingerprint density at radius 2 is 1.75 bits per heavy atom. The number of hydrogen-bond donors (Lipinski definition) is 4. The number of aryl methyl sites for hydroxylation is 1. The largest absolute Gasteiger partial charge is 0.361 e. The van der Waals surface area contributed by atoms with E-state index >= 15 is 0 Å². The maximum atomic E-state index is 13.4. The van der Waals surface area contributed by atoms with Gasteiger partial charge in [0.25, 0.3) is 0 Å². The van der Waals surface area contributed by atoms with Gasteiger partial charge in [0.1, 0.15) is 25.2 Å². The van der Waals surface area contributed by atoms with Gasteiger partial charge in [-0.2, -0.15) is 0 Å². The molecule has 2 atom stereocenters. The van der Waals surface area contributed by atoms with E-state index in [2.05, 4.69) is 20.9 Å². The quantitative estimate of drug-likeness (QED) is 0.331. The minimum atomic E-state index is -0.862. The first-order valence-electron chi connectivity index (χ1n) is 14.1. The van der Waals surface area contributed by atoms with Crippen molar-refractivity contribution in [3.05, 3.63) is 71.4 Å². The van der Waals surface area contributed by atoms with Crippen molar-refractivity contribution in [3.8, 4) is 0 Å². The van der Waals surface area contributed by atoms with Gasteiger partial charge in [0.2, 0.25) is 23.6 Å². The highest BCUT2D eigenvalue weighted by molar-refractivity contribution is 5.98. The first kappa shape index (κ1) is 27.4. The van der Waals surface area contributed by atoms with Gasteiger partial charge in [-0.25, -0.2) is 0 Å². The van der Waals surface area contributed by atoms with Crippen molar-refractivity contribution in [3.63, 3.8) is 0 Å². The molecule has 9 nitrogen and oxygen atoms in total. The third kappa shape index (κ3) is 6.35. The first-order valence-corrected chi connectivity index (χ1v) is 14.1. The number of nitrogens with one attached hydrogen (secondary N) is 4. The number of benzene rings is 2. The molecule has 0 bridgehead atoms. The van der Waals surface area contributed by atoms with Crippen molar-refractivity contribution in [2.75, 3.05) is 13.1 Å². The molecule has 0 spiro atoms. The lowest BCUT2D eigenvalue weighted by atomic mass is 9.82. The second-order valence-corrected chi connectivity index (χ2v) is 11.0. The molecular formula is C31H37N5O4. The molecule has 2 unspecified atom stereocenters. The van der Waals surface area contributed by atoms with E-state index in [-0.39, 0.29) is 43.1 Å². The highest BCUT2D eigenvalue weighted by Crippen LogP contribution is 2.28. The van der Waals surface area contributed by atoms with Gasteiger partial charge >= 0.3 is 0 Å². The monoisotopic (exact) mass is 543 g/mol. The summed E-state index contributed by atoms with van der Waals surface area (Å²) >= 11 is 0. The molecule has 1 aliphatic heterocycles. The summed E-state index contributed by atoms with van der Waals surface area (Å²) in [5.74, 6) is -1.17. The van der Waals surface area contributed by atoms with Gasteiger partial charge in [0, 0.05) is 30.1 Å². The molecule has 3 aromatic rings. The highest BCUT2D eigenvalue weighted by atomic mass is 16.2. The smallest absolute Gasteiger partial charge is 0.246 e. The number of hydrogen-bond acceptors (Lipinski definition) is 4. The molecule has 40 heavy (non-hydrogen) atoms. The van der Waals surface area contributed by atoms with Gasteiger partial charge in [0.05, 0.1) is 0 Å². The van der Waals surface area contributed by atoms with E-state index in [0.29, 0.717) is 6.54 Å². The second kappa shape index (κ2) is 12.4. The topological polar surface area (TPSA) is 123 Å². The lowest BCUT2D eigenvalue weighted by Gasteiger charge is -2.37. The van der Waals surface area contributed by atoms with E-state index < -0.39 is 18.0 Å². The number of fused-ring (bicyclic) bond motifs is 1. The predicted octanol–water partition coefficient (Wildman–Crippen LogP) is 2.73. The van der Waals surface area contributed by atoms with E-state index in [1.807, 2.05) is 61.7 Å². The van der Waals surface area contributed by atoms with Crippen LogP contribution in [0.3, 0.4) is 0 Å². The van der Waals surface area contributed by atoms with Crippen molar-refractivity contribution < 1.29 is 19.2 Å². The van der Waals surface area contributed by atoms with Crippen molar-refractivity contribution >= 4 is 34.5 Å². The zero-order valence-electron chi connectivity index (χ0n) is 22.9. The van der Waals surface area contributed by atoms with Crippen LogP contribution >= 0.6 is 0 Å². The average Bonchev–Trinajstić information content (AvgIpc) is 3.37. The summed E-state index contributed by atoms with van der Waals surface area (Å²) in [7, 11) is 0. The number of aromatic amines is 1. The molecule has 2 heterocycles. The Hall–Kier alpha value is -4.14. The van der Waals surface area contributed by atoms with Crippen LogP contribution in [-0.2, 0) is 32.1 Å². The molecule has 1 aromatic heterocycles. The molecule has 4 amide bonds. The lowest BCUT2D eigenvalue weighted by Crippen LogP contribution is -2.62. The summed E-state index contributed by atoms with van der Waals surface area (Å²) < 4.78 is 0. The van der Waals surface area contributed by atoms with Crippen LogP contribution in [0, 0.1) is 12.8 Å². The molecule has 1 saturated heterocycles. The summed E-state index contributed by atoms with van der Waals surface area (Å²) in [6.07, 6.45) is 7.13. The summed E-state index contributed by atoms with van der Waals surface area (Å²) in [4.78, 5) is 56.9. The first-order chi connectivity index (χ1) is 19.4. The Labute approximate surface area is 234 Å². The molecule has 0 radical (unpaired) electrons. The maximum absolute atomic E-state index is 13.4. The number of aromatic nitrogens is 1. The molecule has 1 saturated carbocycles. The standard InChI is InChI=1S/C31H37N5O4/c1-20-9-5-6-12-22(20)16-33-30(39)26(15-23-17-32-25-14-8-7-13-24(23)25)34-27(37)18-36-19-28(38)35-29(31(36)40)21-10-3-2-4-11-21/h5-9,12-14,17,21,26,29,32H,2-4,10-11,15-16,18-19H2,1H3,(H,33,39)(H,34,37)(H,35,38). The minimum Gasteiger partial charge on any atom is -0.361 e. The van der Waals surface area contributed by atoms with Crippen LogP contribution in [0.5, 0.6) is 0 Å². The third-order valence-corrected chi connectivity index (χ3v) is 8.15. The molecule has 5 rings (SSSR count). The van der Waals surface area contributed by atoms with Crippen molar-refractivity contribution in [2.45, 2.75) is 64.1 Å². The Kier molecular flexibility index (Phi) is 8.48. The molecular weight excluding hydrogens is 506 g/mol. The Bertz CT molecular complexity index is 1390. The molecule has 210 valence electrons.